The van der Waals surface area contributed by atoms with Crippen LogP contribution in [-0.4, -0.2) is 36.4 Å². The Balaban J connectivity index is 4.70. The summed E-state index contributed by atoms with van der Waals surface area (Å²) >= 11 is 0. The van der Waals surface area contributed by atoms with E-state index >= 15 is 0 Å². The molecule has 0 aliphatic rings. The van der Waals surface area contributed by atoms with Crippen LogP contribution in [-0.2, 0) is 18.4 Å². The first-order valence-corrected chi connectivity index (χ1v) is 7.15. The van der Waals surface area contributed by atoms with Gasteiger partial charge >= 0.3 is 7.60 Å². The van der Waals surface area contributed by atoms with Gasteiger partial charge in [-0.15, -0.1) is 0 Å². The van der Waals surface area contributed by atoms with E-state index < -0.39 is 19.6 Å². The highest BCUT2D eigenvalue weighted by molar-refractivity contribution is 7.53. The minimum absolute atomic E-state index is 0.0678. The van der Waals surface area contributed by atoms with Crippen molar-refractivity contribution < 1.29 is 23.5 Å². The zero-order valence-electron chi connectivity index (χ0n) is 10.3. The number of hydrogen-bond donors (Lipinski definition) is 1. The van der Waals surface area contributed by atoms with Crippen molar-refractivity contribution in [1.29, 1.82) is 0 Å². The fraction of sp³-hybridized carbons (Fsp3) is 0.900. The smallest absolute Gasteiger partial charge is 0.331 e. The van der Waals surface area contributed by atoms with Gasteiger partial charge in [-0.3, -0.25) is 9.36 Å². The van der Waals surface area contributed by atoms with Crippen molar-refractivity contribution >= 4 is 13.4 Å². The molecule has 2 atom stereocenters. The Morgan fingerprint density at radius 3 is 2.00 bits per heavy atom. The van der Waals surface area contributed by atoms with Crippen LogP contribution >= 0.6 is 7.60 Å². The summed E-state index contributed by atoms with van der Waals surface area (Å²) in [6, 6.07) is 0. The summed E-state index contributed by atoms with van der Waals surface area (Å²) in [5, 5.41) is 9.43. The third-order valence-electron chi connectivity index (χ3n) is 2.18. The summed E-state index contributed by atoms with van der Waals surface area (Å²) in [7, 11) is -3.26. The zero-order valence-corrected chi connectivity index (χ0v) is 11.2. The second-order valence-corrected chi connectivity index (χ2v) is 5.69. The van der Waals surface area contributed by atoms with Crippen molar-refractivity contribution in [2.24, 2.45) is 5.92 Å². The average molecular weight is 252 g/mol. The van der Waals surface area contributed by atoms with Gasteiger partial charge in [0.2, 0.25) is 0 Å². The number of aliphatic hydroxyl groups excluding tert-OH is 1. The minimum Gasteiger partial charge on any atom is -0.393 e. The second-order valence-electron chi connectivity index (χ2n) is 3.59. The quantitative estimate of drug-likeness (QED) is 0.667. The fourth-order valence-electron chi connectivity index (χ4n) is 1.40. The van der Waals surface area contributed by atoms with Crippen molar-refractivity contribution in [3.8, 4) is 0 Å². The van der Waals surface area contributed by atoms with E-state index in [0.717, 1.165) is 0 Å². The maximum atomic E-state index is 12.1. The number of ketones is 1. The summed E-state index contributed by atoms with van der Waals surface area (Å²) < 4.78 is 22.3. The van der Waals surface area contributed by atoms with Crippen LogP contribution in [0.25, 0.3) is 0 Å². The lowest BCUT2D eigenvalue weighted by atomic mass is 10.0. The largest absolute Gasteiger partial charge is 0.393 e. The standard InChI is InChI=1S/C10H21O5P/c1-5-14-16(13,15-6-2)7-10(8(3)11)9(4)12/h8,10-11H,5-7H2,1-4H3/t8-,10-/m0/s1. The molecule has 5 nitrogen and oxygen atoms in total. The predicted molar refractivity (Wildman–Crippen MR) is 61.6 cm³/mol. The average Bonchev–Trinajstić information content (AvgIpc) is 2.14. The Kier molecular flexibility index (Phi) is 7.07. The van der Waals surface area contributed by atoms with Gasteiger partial charge < -0.3 is 14.2 Å². The Bertz CT molecular complexity index is 254. The van der Waals surface area contributed by atoms with Gasteiger partial charge in [-0.05, 0) is 27.7 Å². The summed E-state index contributed by atoms with van der Waals surface area (Å²) in [6.07, 6.45) is -0.923. The molecule has 0 heterocycles. The normalized spacial score (nSPS) is 15.8. The van der Waals surface area contributed by atoms with Gasteiger partial charge in [0.25, 0.3) is 0 Å². The van der Waals surface area contributed by atoms with Crippen LogP contribution in [0.4, 0.5) is 0 Å². The number of aliphatic hydroxyl groups is 1. The third kappa shape index (κ3) is 5.21. The van der Waals surface area contributed by atoms with Crippen LogP contribution in [0.1, 0.15) is 27.7 Å². The Morgan fingerprint density at radius 2 is 1.75 bits per heavy atom. The molecule has 0 bridgehead atoms. The first-order chi connectivity index (χ1) is 7.36. The highest BCUT2D eigenvalue weighted by Crippen LogP contribution is 2.50. The van der Waals surface area contributed by atoms with E-state index in [1.807, 2.05) is 0 Å². The van der Waals surface area contributed by atoms with Crippen LogP contribution in [0.15, 0.2) is 0 Å². The van der Waals surface area contributed by atoms with Gasteiger partial charge in [0, 0.05) is 0 Å². The van der Waals surface area contributed by atoms with Crippen LogP contribution in [0.5, 0.6) is 0 Å². The molecule has 0 radical (unpaired) electrons. The molecule has 16 heavy (non-hydrogen) atoms. The molecule has 0 fully saturated rings. The molecule has 6 heteroatoms. The topological polar surface area (TPSA) is 72.8 Å². The monoisotopic (exact) mass is 252 g/mol. The third-order valence-corrected chi connectivity index (χ3v) is 4.32. The van der Waals surface area contributed by atoms with E-state index in [2.05, 4.69) is 0 Å². The lowest BCUT2D eigenvalue weighted by Gasteiger charge is -2.23. The highest BCUT2D eigenvalue weighted by Gasteiger charge is 2.33. The van der Waals surface area contributed by atoms with Crippen LogP contribution < -0.4 is 0 Å². The molecule has 0 aromatic rings. The molecule has 0 aromatic carbocycles. The molecule has 0 saturated carbocycles. The molecule has 0 unspecified atom stereocenters. The van der Waals surface area contributed by atoms with E-state index in [4.69, 9.17) is 9.05 Å². The molecule has 0 aromatic heterocycles. The SMILES string of the molecule is CCOP(=O)(C[C@H](C(C)=O)[C@H](C)O)OCC. The lowest BCUT2D eigenvalue weighted by Crippen LogP contribution is -2.28. The molecular weight excluding hydrogens is 231 g/mol. The maximum absolute atomic E-state index is 12.1. The number of carbonyl (C=O) groups excluding carboxylic acids is 1. The number of hydrogen-bond acceptors (Lipinski definition) is 5. The molecule has 1 N–H and O–H groups in total. The Labute approximate surface area is 96.7 Å². The van der Waals surface area contributed by atoms with E-state index in [0.29, 0.717) is 0 Å². The van der Waals surface area contributed by atoms with Crippen LogP contribution in [0.2, 0.25) is 0 Å². The molecule has 96 valence electrons. The predicted octanol–water partition coefficient (Wildman–Crippen LogP) is 1.84. The first-order valence-electron chi connectivity index (χ1n) is 5.43. The van der Waals surface area contributed by atoms with Gasteiger partial charge in [0.15, 0.2) is 0 Å². The minimum atomic E-state index is -3.26. The van der Waals surface area contributed by atoms with Crippen molar-refractivity contribution in [3.05, 3.63) is 0 Å². The molecular formula is C10H21O5P. The molecule has 0 rings (SSSR count). The van der Waals surface area contributed by atoms with Crippen molar-refractivity contribution in [1.82, 2.24) is 0 Å². The summed E-state index contributed by atoms with van der Waals surface area (Å²) in [5.41, 5.74) is 0. The summed E-state index contributed by atoms with van der Waals surface area (Å²) in [5.74, 6) is -0.918. The lowest BCUT2D eigenvalue weighted by molar-refractivity contribution is -0.123. The van der Waals surface area contributed by atoms with Crippen LogP contribution in [0.3, 0.4) is 0 Å². The number of rotatable bonds is 8. The zero-order chi connectivity index (χ0) is 12.8. The summed E-state index contributed by atoms with van der Waals surface area (Å²) in [6.45, 7) is 6.77. The van der Waals surface area contributed by atoms with Gasteiger partial charge in [-0.1, -0.05) is 0 Å². The van der Waals surface area contributed by atoms with E-state index in [1.54, 1.807) is 13.8 Å². The van der Waals surface area contributed by atoms with Gasteiger partial charge in [-0.25, -0.2) is 0 Å². The Hall–Kier alpha value is -0.220. The first kappa shape index (κ1) is 15.8. The fourth-order valence-corrected chi connectivity index (χ4v) is 3.51. The van der Waals surface area contributed by atoms with Crippen molar-refractivity contribution in [3.63, 3.8) is 0 Å². The number of Topliss-reactive ketones (excluding diaryl/α,β-unsaturated/α-hetero) is 1. The van der Waals surface area contributed by atoms with E-state index in [-0.39, 0.29) is 25.2 Å². The maximum Gasteiger partial charge on any atom is 0.331 e. The molecule has 0 aliphatic heterocycles. The van der Waals surface area contributed by atoms with Gasteiger partial charge in [0.1, 0.15) is 5.78 Å². The van der Waals surface area contributed by atoms with Crippen LogP contribution in [0, 0.1) is 5.92 Å². The van der Waals surface area contributed by atoms with Crippen molar-refractivity contribution in [2.75, 3.05) is 19.4 Å². The van der Waals surface area contributed by atoms with Gasteiger partial charge in [0.05, 0.1) is 31.4 Å². The number of carbonyl (C=O) groups is 1. The Morgan fingerprint density at radius 1 is 1.31 bits per heavy atom. The van der Waals surface area contributed by atoms with Crippen molar-refractivity contribution in [2.45, 2.75) is 33.8 Å². The molecule has 0 spiro atoms. The molecule has 0 amide bonds. The van der Waals surface area contributed by atoms with E-state index in [9.17, 15) is 14.5 Å². The van der Waals surface area contributed by atoms with Gasteiger partial charge in [-0.2, -0.15) is 0 Å². The molecule has 0 aliphatic carbocycles. The second kappa shape index (κ2) is 7.17. The summed E-state index contributed by atoms with van der Waals surface area (Å²) in [4.78, 5) is 11.3. The van der Waals surface area contributed by atoms with E-state index in [1.165, 1.54) is 13.8 Å². The highest BCUT2D eigenvalue weighted by atomic mass is 31.2. The molecule has 0 saturated heterocycles.